The van der Waals surface area contributed by atoms with Gasteiger partial charge in [0.25, 0.3) is 0 Å². The normalized spacial score (nSPS) is 13.9. The second-order valence-electron chi connectivity index (χ2n) is 4.73. The minimum Gasteiger partial charge on any atom is -0.329 e. The summed E-state index contributed by atoms with van der Waals surface area (Å²) in [4.78, 5) is 0. The van der Waals surface area contributed by atoms with Crippen LogP contribution in [-0.4, -0.2) is 12.1 Å². The molecule has 1 atom stereocenters. The monoisotopic (exact) mass is 270 g/mol. The predicted octanol–water partition coefficient (Wildman–Crippen LogP) is 2.84. The van der Waals surface area contributed by atoms with Gasteiger partial charge >= 0.3 is 0 Å². The largest absolute Gasteiger partial charge is 0.329 e. The number of hydrogen-bond donors (Lipinski definition) is 2. The zero-order valence-corrected chi connectivity index (χ0v) is 11.1. The highest BCUT2D eigenvalue weighted by molar-refractivity contribution is 9.10. The fraction of sp³-hybridized carbons (Fsp3) is 0.500. The molecule has 0 saturated carbocycles. The van der Waals surface area contributed by atoms with Crippen molar-refractivity contribution in [3.05, 3.63) is 34.3 Å². The highest BCUT2D eigenvalue weighted by atomic mass is 79.9. The molecule has 0 bridgehead atoms. The van der Waals surface area contributed by atoms with Crippen molar-refractivity contribution in [2.75, 3.05) is 6.54 Å². The Hall–Kier alpha value is -0.380. The van der Waals surface area contributed by atoms with E-state index in [0.717, 1.165) is 4.47 Å². The van der Waals surface area contributed by atoms with Crippen molar-refractivity contribution in [1.82, 2.24) is 5.32 Å². The maximum absolute atomic E-state index is 5.78. The number of halogens is 1. The highest BCUT2D eigenvalue weighted by Crippen LogP contribution is 2.18. The molecular weight excluding hydrogens is 252 g/mol. The van der Waals surface area contributed by atoms with Crippen molar-refractivity contribution in [3.8, 4) is 0 Å². The van der Waals surface area contributed by atoms with Gasteiger partial charge in [0.05, 0.1) is 0 Å². The second-order valence-corrected chi connectivity index (χ2v) is 5.65. The van der Waals surface area contributed by atoms with Gasteiger partial charge in [-0.05, 0) is 38.5 Å². The molecule has 0 amide bonds. The van der Waals surface area contributed by atoms with Crippen molar-refractivity contribution in [2.45, 2.75) is 32.4 Å². The number of hydrogen-bond acceptors (Lipinski definition) is 2. The van der Waals surface area contributed by atoms with Crippen molar-refractivity contribution in [2.24, 2.45) is 5.73 Å². The smallest absolute Gasteiger partial charge is 0.0448 e. The van der Waals surface area contributed by atoms with Gasteiger partial charge in [-0.15, -0.1) is 0 Å². The van der Waals surface area contributed by atoms with E-state index >= 15 is 0 Å². The lowest BCUT2D eigenvalue weighted by Gasteiger charge is -2.28. The molecule has 0 saturated heterocycles. The van der Waals surface area contributed by atoms with Crippen LogP contribution >= 0.6 is 15.9 Å². The first-order valence-electron chi connectivity index (χ1n) is 5.15. The molecule has 0 aliphatic rings. The van der Waals surface area contributed by atoms with Gasteiger partial charge < -0.3 is 11.1 Å². The highest BCUT2D eigenvalue weighted by Gasteiger charge is 2.17. The van der Waals surface area contributed by atoms with Gasteiger partial charge in [-0.25, -0.2) is 0 Å². The average Bonchev–Trinajstić information content (AvgIpc) is 2.14. The lowest BCUT2D eigenvalue weighted by Crippen LogP contribution is -2.41. The Morgan fingerprint density at radius 2 is 1.80 bits per heavy atom. The van der Waals surface area contributed by atoms with Crippen LogP contribution in [-0.2, 0) is 0 Å². The fourth-order valence-electron chi connectivity index (χ4n) is 1.50. The van der Waals surface area contributed by atoms with Gasteiger partial charge in [-0.3, -0.25) is 0 Å². The molecule has 0 radical (unpaired) electrons. The molecule has 0 heterocycles. The molecule has 0 spiro atoms. The minimum absolute atomic E-state index is 0.0805. The topological polar surface area (TPSA) is 38.0 Å². The lowest BCUT2D eigenvalue weighted by molar-refractivity contribution is 0.367. The van der Waals surface area contributed by atoms with E-state index in [2.05, 4.69) is 54.2 Å². The third kappa shape index (κ3) is 4.33. The molecule has 15 heavy (non-hydrogen) atoms. The molecule has 3 N–H and O–H groups in total. The molecule has 1 rings (SSSR count). The van der Waals surface area contributed by atoms with E-state index < -0.39 is 0 Å². The molecule has 1 aromatic rings. The van der Waals surface area contributed by atoms with Crippen LogP contribution in [0.4, 0.5) is 0 Å². The molecular formula is C12H19BrN2. The fourth-order valence-corrected chi connectivity index (χ4v) is 1.76. The standard InChI is InChI=1S/C12H19BrN2/c1-12(2,3)15-11(8-14)9-4-6-10(13)7-5-9/h4-7,11,15H,8,14H2,1-3H3. The maximum Gasteiger partial charge on any atom is 0.0448 e. The SMILES string of the molecule is CC(C)(C)NC(CN)c1ccc(Br)cc1. The van der Waals surface area contributed by atoms with Gasteiger partial charge in [-0.2, -0.15) is 0 Å². The predicted molar refractivity (Wildman–Crippen MR) is 68.8 cm³/mol. The Kier molecular flexibility index (Phi) is 4.32. The molecule has 2 nitrogen and oxygen atoms in total. The zero-order valence-electron chi connectivity index (χ0n) is 9.55. The first kappa shape index (κ1) is 12.7. The molecule has 0 fully saturated rings. The Balaban J connectivity index is 2.79. The van der Waals surface area contributed by atoms with Gasteiger partial charge in [0.15, 0.2) is 0 Å². The summed E-state index contributed by atoms with van der Waals surface area (Å²) in [6.07, 6.45) is 0. The van der Waals surface area contributed by atoms with E-state index in [0.29, 0.717) is 6.54 Å². The van der Waals surface area contributed by atoms with Crippen LogP contribution in [0.5, 0.6) is 0 Å². The first-order valence-corrected chi connectivity index (χ1v) is 5.95. The van der Waals surface area contributed by atoms with Crippen LogP contribution in [0.2, 0.25) is 0 Å². The van der Waals surface area contributed by atoms with Crippen LogP contribution < -0.4 is 11.1 Å². The van der Waals surface area contributed by atoms with E-state index in [9.17, 15) is 0 Å². The molecule has 3 heteroatoms. The van der Waals surface area contributed by atoms with E-state index in [1.54, 1.807) is 0 Å². The summed E-state index contributed by atoms with van der Waals surface area (Å²) in [7, 11) is 0. The average molecular weight is 271 g/mol. The lowest BCUT2D eigenvalue weighted by atomic mass is 10.0. The Morgan fingerprint density at radius 3 is 2.20 bits per heavy atom. The van der Waals surface area contributed by atoms with Crippen molar-refractivity contribution < 1.29 is 0 Å². The molecule has 0 aliphatic carbocycles. The van der Waals surface area contributed by atoms with Crippen molar-refractivity contribution in [3.63, 3.8) is 0 Å². The molecule has 1 aromatic carbocycles. The Morgan fingerprint density at radius 1 is 1.27 bits per heavy atom. The summed E-state index contributed by atoms with van der Waals surface area (Å²) >= 11 is 3.43. The molecule has 84 valence electrons. The Labute approximate surface area is 100 Å². The molecule has 0 aliphatic heterocycles. The third-order valence-corrected chi connectivity index (χ3v) is 2.64. The number of nitrogens with one attached hydrogen (secondary N) is 1. The maximum atomic E-state index is 5.78. The summed E-state index contributed by atoms with van der Waals surface area (Å²) in [6, 6.07) is 8.50. The van der Waals surface area contributed by atoms with E-state index in [1.807, 2.05) is 12.1 Å². The van der Waals surface area contributed by atoms with Crippen molar-refractivity contribution >= 4 is 15.9 Å². The van der Waals surface area contributed by atoms with Crippen LogP contribution in [0.25, 0.3) is 0 Å². The summed E-state index contributed by atoms with van der Waals surface area (Å²) in [5, 5.41) is 3.50. The summed E-state index contributed by atoms with van der Waals surface area (Å²) < 4.78 is 1.10. The van der Waals surface area contributed by atoms with Gasteiger partial charge in [-0.1, -0.05) is 28.1 Å². The Bertz CT molecular complexity index is 300. The molecule has 0 aromatic heterocycles. The van der Waals surface area contributed by atoms with Crippen LogP contribution in [0.1, 0.15) is 32.4 Å². The van der Waals surface area contributed by atoms with Gasteiger partial charge in [0, 0.05) is 22.6 Å². The summed E-state index contributed by atoms with van der Waals surface area (Å²) in [5.41, 5.74) is 7.09. The third-order valence-electron chi connectivity index (χ3n) is 2.12. The summed E-state index contributed by atoms with van der Waals surface area (Å²) in [6.45, 7) is 7.05. The van der Waals surface area contributed by atoms with E-state index in [-0.39, 0.29) is 11.6 Å². The van der Waals surface area contributed by atoms with E-state index in [1.165, 1.54) is 5.56 Å². The van der Waals surface area contributed by atoms with Gasteiger partial charge in [0.2, 0.25) is 0 Å². The minimum atomic E-state index is 0.0805. The summed E-state index contributed by atoms with van der Waals surface area (Å²) in [5.74, 6) is 0. The second kappa shape index (κ2) is 5.10. The van der Waals surface area contributed by atoms with Crippen molar-refractivity contribution in [1.29, 1.82) is 0 Å². The first-order chi connectivity index (χ1) is 6.92. The molecule has 1 unspecified atom stereocenters. The van der Waals surface area contributed by atoms with Crippen LogP contribution in [0, 0.1) is 0 Å². The number of rotatable bonds is 3. The quantitative estimate of drug-likeness (QED) is 0.887. The van der Waals surface area contributed by atoms with Crippen LogP contribution in [0.3, 0.4) is 0 Å². The number of nitrogens with two attached hydrogens (primary N) is 1. The van der Waals surface area contributed by atoms with Gasteiger partial charge in [0.1, 0.15) is 0 Å². The number of benzene rings is 1. The van der Waals surface area contributed by atoms with E-state index in [4.69, 9.17) is 5.73 Å². The van der Waals surface area contributed by atoms with Crippen LogP contribution in [0.15, 0.2) is 28.7 Å². The zero-order chi connectivity index (χ0) is 11.5.